The van der Waals surface area contributed by atoms with Crippen molar-refractivity contribution < 1.29 is 14.3 Å². The predicted octanol–water partition coefficient (Wildman–Crippen LogP) is 5.40. The number of hydrogen-bond acceptors (Lipinski definition) is 4. The molecule has 3 rings (SSSR count). The number of carbonyl (C=O) groups excluding carboxylic acids is 1. The second kappa shape index (κ2) is 9.42. The Morgan fingerprint density at radius 2 is 1.31 bits per heavy atom. The maximum Gasteiger partial charge on any atom is 0.337 e. The Kier molecular flexibility index (Phi) is 6.48. The summed E-state index contributed by atoms with van der Waals surface area (Å²) in [6.45, 7) is 0. The molecule has 0 bridgehead atoms. The van der Waals surface area contributed by atoms with E-state index in [1.165, 1.54) is 7.11 Å². The molecular weight excluding hydrogens is 362 g/mol. The van der Waals surface area contributed by atoms with E-state index in [0.29, 0.717) is 5.56 Å². The number of methoxy groups -OCH3 is 2. The first-order valence-electron chi connectivity index (χ1n) is 9.17. The highest BCUT2D eigenvalue weighted by Crippen LogP contribution is 2.24. The Morgan fingerprint density at radius 1 is 0.759 bits per heavy atom. The van der Waals surface area contributed by atoms with Gasteiger partial charge in [0.1, 0.15) is 5.75 Å². The van der Waals surface area contributed by atoms with Crippen LogP contribution >= 0.6 is 0 Å². The van der Waals surface area contributed by atoms with Gasteiger partial charge in [-0.1, -0.05) is 60.7 Å². The average Bonchev–Trinajstić information content (AvgIpc) is 2.77. The van der Waals surface area contributed by atoms with Gasteiger partial charge < -0.3 is 15.2 Å². The lowest BCUT2D eigenvalue weighted by Crippen LogP contribution is -2.00. The Balaban J connectivity index is 1.75. The summed E-state index contributed by atoms with van der Waals surface area (Å²) in [4.78, 5) is 11.5. The molecule has 0 heterocycles. The summed E-state index contributed by atoms with van der Waals surface area (Å²) in [6, 6.07) is 21.0. The van der Waals surface area contributed by atoms with Crippen LogP contribution in [0.3, 0.4) is 0 Å². The van der Waals surface area contributed by atoms with E-state index >= 15 is 0 Å². The van der Waals surface area contributed by atoms with Gasteiger partial charge in [0, 0.05) is 11.3 Å². The van der Waals surface area contributed by atoms with E-state index < -0.39 is 0 Å². The van der Waals surface area contributed by atoms with Gasteiger partial charge in [0.25, 0.3) is 0 Å². The molecule has 0 aromatic heterocycles. The van der Waals surface area contributed by atoms with Crippen LogP contribution in [-0.4, -0.2) is 20.2 Å². The summed E-state index contributed by atoms with van der Waals surface area (Å²) in [5.41, 5.74) is 11.1. The summed E-state index contributed by atoms with van der Waals surface area (Å²) in [5, 5.41) is 0. The molecule has 0 radical (unpaired) electrons. The quantitative estimate of drug-likeness (QED) is 0.350. The normalized spacial score (nSPS) is 11.1. The zero-order valence-corrected chi connectivity index (χ0v) is 16.5. The molecule has 0 amide bonds. The fourth-order valence-corrected chi connectivity index (χ4v) is 2.80. The fourth-order valence-electron chi connectivity index (χ4n) is 2.80. The second-order valence-corrected chi connectivity index (χ2v) is 6.45. The number of esters is 1. The van der Waals surface area contributed by atoms with Gasteiger partial charge in [0.2, 0.25) is 0 Å². The molecular formula is C25H23NO3. The van der Waals surface area contributed by atoms with Crippen LogP contribution in [0, 0.1) is 0 Å². The van der Waals surface area contributed by atoms with Gasteiger partial charge >= 0.3 is 5.97 Å². The van der Waals surface area contributed by atoms with Crippen molar-refractivity contribution in [2.24, 2.45) is 0 Å². The first kappa shape index (κ1) is 20.0. The van der Waals surface area contributed by atoms with E-state index in [-0.39, 0.29) is 5.97 Å². The minimum Gasteiger partial charge on any atom is -0.496 e. The second-order valence-electron chi connectivity index (χ2n) is 6.45. The van der Waals surface area contributed by atoms with Crippen molar-refractivity contribution in [1.29, 1.82) is 0 Å². The number of hydrogen-bond donors (Lipinski definition) is 1. The molecule has 0 unspecified atom stereocenters. The number of ether oxygens (including phenoxy) is 2. The number of nitrogen functional groups attached to an aromatic ring is 1. The van der Waals surface area contributed by atoms with Crippen LogP contribution in [0.25, 0.3) is 24.3 Å². The fraction of sp³-hybridized carbons (Fsp3) is 0.0800. The Labute approximate surface area is 170 Å². The summed E-state index contributed by atoms with van der Waals surface area (Å²) >= 11 is 0. The van der Waals surface area contributed by atoms with Crippen LogP contribution in [0.4, 0.5) is 5.69 Å². The molecule has 0 saturated heterocycles. The highest BCUT2D eigenvalue weighted by atomic mass is 16.5. The third-order valence-electron chi connectivity index (χ3n) is 4.45. The van der Waals surface area contributed by atoms with Crippen LogP contribution in [0.1, 0.15) is 32.6 Å². The van der Waals surface area contributed by atoms with Crippen molar-refractivity contribution >= 4 is 36.0 Å². The maximum atomic E-state index is 11.5. The molecule has 3 aromatic rings. The number of anilines is 1. The van der Waals surface area contributed by atoms with E-state index in [4.69, 9.17) is 15.2 Å². The highest BCUT2D eigenvalue weighted by Gasteiger charge is 2.04. The molecule has 29 heavy (non-hydrogen) atoms. The lowest BCUT2D eigenvalue weighted by molar-refractivity contribution is 0.0600. The third kappa shape index (κ3) is 5.36. The summed E-state index contributed by atoms with van der Waals surface area (Å²) in [6.07, 6.45) is 8.03. The number of nitrogens with two attached hydrogens (primary N) is 1. The summed E-state index contributed by atoms with van der Waals surface area (Å²) < 4.78 is 10.3. The van der Waals surface area contributed by atoms with Crippen molar-refractivity contribution in [3.05, 3.63) is 94.5 Å². The van der Waals surface area contributed by atoms with Crippen LogP contribution in [0.2, 0.25) is 0 Å². The molecule has 0 fully saturated rings. The number of benzene rings is 3. The lowest BCUT2D eigenvalue weighted by Gasteiger charge is -2.06. The minimum absolute atomic E-state index is 0.340. The standard InChI is InChI=1S/C25H23NO3/c1-28-24-17-20(4-3-18-6-13-22(14-7-18)25(27)29-2)8-12-21(24)11-5-19-9-15-23(26)16-10-19/h3-17H,26H2,1-2H3. The molecule has 0 saturated carbocycles. The molecule has 0 aliphatic heterocycles. The minimum atomic E-state index is -0.340. The van der Waals surface area contributed by atoms with Crippen LogP contribution in [0.5, 0.6) is 5.75 Å². The molecule has 4 nitrogen and oxygen atoms in total. The van der Waals surface area contributed by atoms with E-state index in [0.717, 1.165) is 33.7 Å². The number of carbonyl (C=O) groups is 1. The molecule has 2 N–H and O–H groups in total. The van der Waals surface area contributed by atoms with Crippen LogP contribution in [0.15, 0.2) is 66.7 Å². The average molecular weight is 385 g/mol. The maximum absolute atomic E-state index is 11.5. The highest BCUT2D eigenvalue weighted by molar-refractivity contribution is 5.89. The van der Waals surface area contributed by atoms with Crippen molar-refractivity contribution in [3.8, 4) is 5.75 Å². The SMILES string of the molecule is COC(=O)c1ccc(C=Cc2ccc(C=Cc3ccc(N)cc3)c(OC)c2)cc1. The van der Waals surface area contributed by atoms with Crippen LogP contribution < -0.4 is 10.5 Å². The monoisotopic (exact) mass is 385 g/mol. The Hall–Kier alpha value is -3.79. The van der Waals surface area contributed by atoms with Crippen molar-refractivity contribution in [1.82, 2.24) is 0 Å². The van der Waals surface area contributed by atoms with Gasteiger partial charge in [0.05, 0.1) is 19.8 Å². The van der Waals surface area contributed by atoms with Gasteiger partial charge in [-0.3, -0.25) is 0 Å². The molecule has 4 heteroatoms. The van der Waals surface area contributed by atoms with E-state index in [9.17, 15) is 4.79 Å². The zero-order chi connectivity index (χ0) is 20.6. The predicted molar refractivity (Wildman–Crippen MR) is 119 cm³/mol. The van der Waals surface area contributed by atoms with Crippen molar-refractivity contribution in [2.75, 3.05) is 20.0 Å². The largest absolute Gasteiger partial charge is 0.496 e. The van der Waals surface area contributed by atoms with Gasteiger partial charge in [-0.25, -0.2) is 4.79 Å². The third-order valence-corrected chi connectivity index (χ3v) is 4.45. The molecule has 0 aliphatic rings. The molecule has 3 aromatic carbocycles. The lowest BCUT2D eigenvalue weighted by atomic mass is 10.1. The molecule has 146 valence electrons. The smallest absolute Gasteiger partial charge is 0.337 e. The van der Waals surface area contributed by atoms with Crippen molar-refractivity contribution in [2.45, 2.75) is 0 Å². The van der Waals surface area contributed by atoms with E-state index in [1.807, 2.05) is 78.9 Å². The van der Waals surface area contributed by atoms with Gasteiger partial charge in [-0.2, -0.15) is 0 Å². The van der Waals surface area contributed by atoms with E-state index in [2.05, 4.69) is 0 Å². The molecule has 0 spiro atoms. The van der Waals surface area contributed by atoms with E-state index in [1.54, 1.807) is 19.2 Å². The van der Waals surface area contributed by atoms with Gasteiger partial charge in [-0.15, -0.1) is 0 Å². The first-order valence-corrected chi connectivity index (χ1v) is 9.17. The Morgan fingerprint density at radius 3 is 1.93 bits per heavy atom. The summed E-state index contributed by atoms with van der Waals surface area (Å²) in [5.74, 6) is 0.452. The molecule has 0 aliphatic carbocycles. The first-order chi connectivity index (χ1) is 14.1. The van der Waals surface area contributed by atoms with Gasteiger partial charge in [-0.05, 0) is 47.0 Å². The van der Waals surface area contributed by atoms with Crippen LogP contribution in [-0.2, 0) is 4.74 Å². The topological polar surface area (TPSA) is 61.5 Å². The van der Waals surface area contributed by atoms with Crippen molar-refractivity contribution in [3.63, 3.8) is 0 Å². The molecule has 0 atom stereocenters. The van der Waals surface area contributed by atoms with Gasteiger partial charge in [0.15, 0.2) is 0 Å². The zero-order valence-electron chi connectivity index (χ0n) is 16.5. The number of rotatable bonds is 6. The summed E-state index contributed by atoms with van der Waals surface area (Å²) in [7, 11) is 3.03. The Bertz CT molecular complexity index is 1030.